The van der Waals surface area contributed by atoms with Crippen molar-refractivity contribution in [2.24, 2.45) is 0 Å². The van der Waals surface area contributed by atoms with Gasteiger partial charge >= 0.3 is 0 Å². The predicted octanol–water partition coefficient (Wildman–Crippen LogP) is 4.19. The van der Waals surface area contributed by atoms with Crippen LogP contribution in [0, 0.1) is 0 Å². The molecule has 0 amide bonds. The molecule has 0 radical (unpaired) electrons. The second-order valence-corrected chi connectivity index (χ2v) is 4.72. The van der Waals surface area contributed by atoms with Crippen molar-refractivity contribution in [3.8, 4) is 0 Å². The molecule has 0 N–H and O–H groups in total. The molecule has 0 aliphatic rings. The Hall–Kier alpha value is -0.860. The zero-order chi connectivity index (χ0) is 13.1. The Morgan fingerprint density at radius 1 is 1.06 bits per heavy atom. The molecule has 2 heteroatoms. The molecule has 1 aromatic carbocycles. The number of rotatable bonds is 10. The van der Waals surface area contributed by atoms with Gasteiger partial charge in [-0.25, -0.2) is 0 Å². The van der Waals surface area contributed by atoms with E-state index >= 15 is 0 Å². The van der Waals surface area contributed by atoms with Crippen LogP contribution in [0.2, 0.25) is 0 Å². The average molecular weight is 250 g/mol. The van der Waals surface area contributed by atoms with Gasteiger partial charge in [0, 0.05) is 13.2 Å². The quantitative estimate of drug-likeness (QED) is 0.580. The summed E-state index contributed by atoms with van der Waals surface area (Å²) in [6, 6.07) is 10.3. The summed E-state index contributed by atoms with van der Waals surface area (Å²) in [6.07, 6.45) is 4.92. The number of hydrogen-bond donors (Lipinski definition) is 0. The molecule has 0 saturated carbocycles. The van der Waals surface area contributed by atoms with Gasteiger partial charge in [-0.05, 0) is 25.3 Å². The Balaban J connectivity index is 1.99. The predicted molar refractivity (Wildman–Crippen MR) is 75.7 cm³/mol. The molecule has 1 rings (SSSR count). The fraction of sp³-hybridized carbons (Fsp3) is 0.625. The molecule has 0 aliphatic carbocycles. The minimum absolute atomic E-state index is 0.261. The van der Waals surface area contributed by atoms with Crippen LogP contribution in [0.25, 0.3) is 0 Å². The van der Waals surface area contributed by atoms with Crippen LogP contribution in [-0.4, -0.2) is 19.3 Å². The molecule has 1 atom stereocenters. The summed E-state index contributed by atoms with van der Waals surface area (Å²) in [6.45, 7) is 6.70. The fourth-order valence-electron chi connectivity index (χ4n) is 1.70. The lowest BCUT2D eigenvalue weighted by Crippen LogP contribution is -2.12. The summed E-state index contributed by atoms with van der Waals surface area (Å²) in [4.78, 5) is 0. The molecule has 0 aliphatic heterocycles. The van der Waals surface area contributed by atoms with Crippen molar-refractivity contribution in [1.29, 1.82) is 0 Å². The van der Waals surface area contributed by atoms with Gasteiger partial charge in [-0.2, -0.15) is 0 Å². The van der Waals surface area contributed by atoms with E-state index in [0.717, 1.165) is 19.6 Å². The molecule has 2 nitrogen and oxygen atoms in total. The van der Waals surface area contributed by atoms with Crippen molar-refractivity contribution in [3.63, 3.8) is 0 Å². The van der Waals surface area contributed by atoms with E-state index in [1.165, 1.54) is 24.8 Å². The van der Waals surface area contributed by atoms with E-state index in [2.05, 4.69) is 26.0 Å². The summed E-state index contributed by atoms with van der Waals surface area (Å²) in [7, 11) is 0. The fourth-order valence-corrected chi connectivity index (χ4v) is 1.70. The highest BCUT2D eigenvalue weighted by molar-refractivity contribution is 5.13. The lowest BCUT2D eigenvalue weighted by atomic mass is 10.2. The van der Waals surface area contributed by atoms with Crippen molar-refractivity contribution in [3.05, 3.63) is 35.9 Å². The minimum Gasteiger partial charge on any atom is -0.381 e. The molecule has 18 heavy (non-hydrogen) atoms. The van der Waals surface area contributed by atoms with Crippen LogP contribution in [0.5, 0.6) is 0 Å². The normalized spacial score (nSPS) is 12.6. The van der Waals surface area contributed by atoms with Crippen LogP contribution in [0.15, 0.2) is 30.3 Å². The van der Waals surface area contributed by atoms with Gasteiger partial charge in [0.15, 0.2) is 0 Å². The second-order valence-electron chi connectivity index (χ2n) is 4.72. The Kier molecular flexibility index (Phi) is 8.53. The topological polar surface area (TPSA) is 18.5 Å². The van der Waals surface area contributed by atoms with Crippen LogP contribution < -0.4 is 0 Å². The van der Waals surface area contributed by atoms with Crippen LogP contribution in [-0.2, 0) is 16.1 Å². The van der Waals surface area contributed by atoms with Gasteiger partial charge in [-0.15, -0.1) is 0 Å². The molecule has 0 bridgehead atoms. The van der Waals surface area contributed by atoms with Gasteiger partial charge in [0.05, 0.1) is 12.7 Å². The minimum atomic E-state index is 0.261. The smallest absolute Gasteiger partial charge is 0.0720 e. The highest BCUT2D eigenvalue weighted by Gasteiger charge is 2.02. The van der Waals surface area contributed by atoms with Crippen LogP contribution in [0.4, 0.5) is 0 Å². The van der Waals surface area contributed by atoms with Crippen LogP contribution in [0.3, 0.4) is 0 Å². The van der Waals surface area contributed by atoms with Crippen molar-refractivity contribution in [2.75, 3.05) is 13.2 Å². The third kappa shape index (κ3) is 7.46. The summed E-state index contributed by atoms with van der Waals surface area (Å²) in [5, 5.41) is 0. The second kappa shape index (κ2) is 10.1. The summed E-state index contributed by atoms with van der Waals surface area (Å²) in [5.74, 6) is 0. The summed E-state index contributed by atoms with van der Waals surface area (Å²) >= 11 is 0. The number of ether oxygens (including phenoxy) is 2. The Labute approximate surface area is 111 Å². The zero-order valence-corrected chi connectivity index (χ0v) is 11.7. The summed E-state index contributed by atoms with van der Waals surface area (Å²) < 4.78 is 11.4. The monoisotopic (exact) mass is 250 g/mol. The van der Waals surface area contributed by atoms with Crippen LogP contribution in [0.1, 0.15) is 45.1 Å². The van der Waals surface area contributed by atoms with Crippen molar-refractivity contribution < 1.29 is 9.47 Å². The highest BCUT2D eigenvalue weighted by Crippen LogP contribution is 2.06. The SMILES string of the molecule is CCCCCOCC[C@@H](C)OCc1ccccc1. The first kappa shape index (κ1) is 15.2. The lowest BCUT2D eigenvalue weighted by molar-refractivity contribution is 0.0216. The van der Waals surface area contributed by atoms with Gasteiger partial charge in [0.1, 0.15) is 0 Å². The van der Waals surface area contributed by atoms with Gasteiger partial charge in [-0.1, -0.05) is 50.1 Å². The largest absolute Gasteiger partial charge is 0.381 e. The number of hydrogen-bond acceptors (Lipinski definition) is 2. The Morgan fingerprint density at radius 2 is 1.83 bits per heavy atom. The third-order valence-electron chi connectivity index (χ3n) is 2.94. The van der Waals surface area contributed by atoms with E-state index in [0.29, 0.717) is 6.61 Å². The van der Waals surface area contributed by atoms with E-state index in [4.69, 9.17) is 9.47 Å². The van der Waals surface area contributed by atoms with E-state index < -0.39 is 0 Å². The van der Waals surface area contributed by atoms with Crippen LogP contribution >= 0.6 is 0 Å². The van der Waals surface area contributed by atoms with E-state index in [1.54, 1.807) is 0 Å². The molecule has 0 saturated heterocycles. The maximum absolute atomic E-state index is 5.78. The molecular weight excluding hydrogens is 224 g/mol. The van der Waals surface area contributed by atoms with Crippen molar-refractivity contribution in [2.45, 2.75) is 52.2 Å². The highest BCUT2D eigenvalue weighted by atomic mass is 16.5. The first-order chi connectivity index (χ1) is 8.83. The maximum Gasteiger partial charge on any atom is 0.0720 e. The van der Waals surface area contributed by atoms with Crippen molar-refractivity contribution in [1.82, 2.24) is 0 Å². The third-order valence-corrected chi connectivity index (χ3v) is 2.94. The maximum atomic E-state index is 5.78. The molecule has 0 unspecified atom stereocenters. The van der Waals surface area contributed by atoms with E-state index in [9.17, 15) is 0 Å². The van der Waals surface area contributed by atoms with Gasteiger partial charge in [-0.3, -0.25) is 0 Å². The lowest BCUT2D eigenvalue weighted by Gasteiger charge is -2.13. The molecule has 102 valence electrons. The van der Waals surface area contributed by atoms with Gasteiger partial charge < -0.3 is 9.47 Å². The molecule has 0 fully saturated rings. The Morgan fingerprint density at radius 3 is 2.56 bits per heavy atom. The first-order valence-electron chi connectivity index (χ1n) is 7.06. The van der Waals surface area contributed by atoms with E-state index in [1.807, 2.05) is 18.2 Å². The molecular formula is C16H26O2. The zero-order valence-electron chi connectivity index (χ0n) is 11.7. The average Bonchev–Trinajstić information content (AvgIpc) is 2.41. The van der Waals surface area contributed by atoms with Gasteiger partial charge in [0.25, 0.3) is 0 Å². The first-order valence-corrected chi connectivity index (χ1v) is 7.06. The molecule has 0 heterocycles. The molecule has 1 aromatic rings. The standard InChI is InChI=1S/C16H26O2/c1-3-4-8-12-17-13-11-15(2)18-14-16-9-6-5-7-10-16/h5-7,9-10,15H,3-4,8,11-14H2,1-2H3/t15-/m1/s1. The molecule has 0 spiro atoms. The number of benzene rings is 1. The van der Waals surface area contributed by atoms with Crippen molar-refractivity contribution >= 4 is 0 Å². The van der Waals surface area contributed by atoms with E-state index in [-0.39, 0.29) is 6.10 Å². The number of unbranched alkanes of at least 4 members (excludes halogenated alkanes) is 2. The van der Waals surface area contributed by atoms with Gasteiger partial charge in [0.2, 0.25) is 0 Å². The molecule has 0 aromatic heterocycles. The Bertz CT molecular complexity index is 284. The summed E-state index contributed by atoms with van der Waals surface area (Å²) in [5.41, 5.74) is 1.23.